The molecule has 3 nitrogen and oxygen atoms in total. The van der Waals surface area contributed by atoms with Crippen LogP contribution in [0.2, 0.25) is 0 Å². The molecule has 2 N–H and O–H groups in total. The van der Waals surface area contributed by atoms with Gasteiger partial charge in [0.1, 0.15) is 5.76 Å². The third-order valence-electron chi connectivity index (χ3n) is 3.28. The Labute approximate surface area is 91.2 Å². The molecule has 1 aliphatic rings. The normalized spacial score (nSPS) is 27.3. The molecule has 2 rings (SSSR count). The Morgan fingerprint density at radius 1 is 1.60 bits per heavy atom. The molecule has 0 aromatic carbocycles. The SMILES string of the molecule is CCCN1CCC(CN)C1c1ccco1. The zero-order chi connectivity index (χ0) is 10.7. The fourth-order valence-electron chi connectivity index (χ4n) is 2.58. The number of hydrogen-bond acceptors (Lipinski definition) is 3. The lowest BCUT2D eigenvalue weighted by Gasteiger charge is -2.25. The van der Waals surface area contributed by atoms with Gasteiger partial charge in [0.2, 0.25) is 0 Å². The summed E-state index contributed by atoms with van der Waals surface area (Å²) < 4.78 is 5.53. The third-order valence-corrected chi connectivity index (χ3v) is 3.28. The molecule has 2 atom stereocenters. The monoisotopic (exact) mass is 208 g/mol. The van der Waals surface area contributed by atoms with E-state index in [1.165, 1.54) is 12.8 Å². The second-order valence-electron chi connectivity index (χ2n) is 4.28. The maximum absolute atomic E-state index is 5.82. The summed E-state index contributed by atoms with van der Waals surface area (Å²) in [6, 6.07) is 4.44. The van der Waals surface area contributed by atoms with Gasteiger partial charge in [0, 0.05) is 0 Å². The highest BCUT2D eigenvalue weighted by atomic mass is 16.3. The van der Waals surface area contributed by atoms with Crippen LogP contribution in [0.4, 0.5) is 0 Å². The smallest absolute Gasteiger partial charge is 0.121 e. The molecule has 0 radical (unpaired) electrons. The average molecular weight is 208 g/mol. The fraction of sp³-hybridized carbons (Fsp3) is 0.667. The van der Waals surface area contributed by atoms with E-state index < -0.39 is 0 Å². The van der Waals surface area contributed by atoms with E-state index in [4.69, 9.17) is 10.2 Å². The molecule has 15 heavy (non-hydrogen) atoms. The number of nitrogens with zero attached hydrogens (tertiary/aromatic N) is 1. The maximum Gasteiger partial charge on any atom is 0.121 e. The van der Waals surface area contributed by atoms with E-state index >= 15 is 0 Å². The second kappa shape index (κ2) is 4.81. The van der Waals surface area contributed by atoms with Crippen LogP contribution in [0.15, 0.2) is 22.8 Å². The summed E-state index contributed by atoms with van der Waals surface area (Å²) in [4.78, 5) is 2.50. The number of nitrogens with two attached hydrogens (primary N) is 1. The Bertz CT molecular complexity index is 284. The van der Waals surface area contributed by atoms with Gasteiger partial charge in [-0.1, -0.05) is 6.92 Å². The van der Waals surface area contributed by atoms with E-state index in [0.29, 0.717) is 12.0 Å². The molecule has 0 aliphatic carbocycles. The standard InChI is InChI=1S/C12H20N2O/c1-2-6-14-7-5-10(9-13)12(14)11-4-3-8-15-11/h3-4,8,10,12H,2,5-7,9,13H2,1H3. The van der Waals surface area contributed by atoms with E-state index in [-0.39, 0.29) is 0 Å². The van der Waals surface area contributed by atoms with Crippen molar-refractivity contribution in [2.75, 3.05) is 19.6 Å². The van der Waals surface area contributed by atoms with Gasteiger partial charge in [-0.2, -0.15) is 0 Å². The predicted octanol–water partition coefficient (Wildman–Crippen LogP) is 2.01. The molecule has 1 aliphatic heterocycles. The lowest BCUT2D eigenvalue weighted by Crippen LogP contribution is -2.28. The van der Waals surface area contributed by atoms with Gasteiger partial charge in [-0.3, -0.25) is 4.90 Å². The molecular weight excluding hydrogens is 188 g/mol. The largest absolute Gasteiger partial charge is 0.468 e. The van der Waals surface area contributed by atoms with E-state index in [0.717, 1.165) is 25.4 Å². The van der Waals surface area contributed by atoms with Crippen molar-refractivity contribution >= 4 is 0 Å². The van der Waals surface area contributed by atoms with Crippen LogP contribution in [0.5, 0.6) is 0 Å². The summed E-state index contributed by atoms with van der Waals surface area (Å²) >= 11 is 0. The Balaban J connectivity index is 2.15. The number of rotatable bonds is 4. The van der Waals surface area contributed by atoms with Crippen LogP contribution in [0.3, 0.4) is 0 Å². The highest BCUT2D eigenvalue weighted by Crippen LogP contribution is 2.36. The van der Waals surface area contributed by atoms with Crippen LogP contribution in [-0.2, 0) is 0 Å². The van der Waals surface area contributed by atoms with Crippen LogP contribution in [-0.4, -0.2) is 24.5 Å². The highest BCUT2D eigenvalue weighted by molar-refractivity contribution is 5.09. The topological polar surface area (TPSA) is 42.4 Å². The second-order valence-corrected chi connectivity index (χ2v) is 4.28. The zero-order valence-corrected chi connectivity index (χ0v) is 9.36. The van der Waals surface area contributed by atoms with Crippen molar-refractivity contribution < 1.29 is 4.42 Å². The molecule has 2 heterocycles. The lowest BCUT2D eigenvalue weighted by molar-refractivity contribution is 0.201. The van der Waals surface area contributed by atoms with Gasteiger partial charge in [-0.15, -0.1) is 0 Å². The number of hydrogen-bond donors (Lipinski definition) is 1. The van der Waals surface area contributed by atoms with Crippen molar-refractivity contribution in [1.82, 2.24) is 4.90 Å². The van der Waals surface area contributed by atoms with E-state index in [9.17, 15) is 0 Å². The van der Waals surface area contributed by atoms with Gasteiger partial charge in [0.15, 0.2) is 0 Å². The van der Waals surface area contributed by atoms with Gasteiger partial charge in [-0.05, 0) is 50.5 Å². The van der Waals surface area contributed by atoms with Crippen LogP contribution in [0.1, 0.15) is 31.6 Å². The average Bonchev–Trinajstić information content (AvgIpc) is 2.85. The Kier molecular flexibility index (Phi) is 3.44. The minimum absolute atomic E-state index is 0.407. The Morgan fingerprint density at radius 3 is 3.07 bits per heavy atom. The molecule has 0 bridgehead atoms. The predicted molar refractivity (Wildman–Crippen MR) is 60.5 cm³/mol. The first kappa shape index (κ1) is 10.7. The molecular formula is C12H20N2O. The molecule has 1 saturated heterocycles. The van der Waals surface area contributed by atoms with Crippen LogP contribution in [0.25, 0.3) is 0 Å². The summed E-state index contributed by atoms with van der Waals surface area (Å²) in [5, 5.41) is 0. The Morgan fingerprint density at radius 2 is 2.47 bits per heavy atom. The first-order chi connectivity index (χ1) is 7.36. The molecule has 0 saturated carbocycles. The van der Waals surface area contributed by atoms with Crippen molar-refractivity contribution in [3.05, 3.63) is 24.2 Å². The summed E-state index contributed by atoms with van der Waals surface area (Å²) in [5.41, 5.74) is 5.82. The molecule has 1 aromatic rings. The third kappa shape index (κ3) is 2.08. The maximum atomic E-state index is 5.82. The molecule has 2 unspecified atom stereocenters. The van der Waals surface area contributed by atoms with Crippen molar-refractivity contribution in [2.24, 2.45) is 11.7 Å². The summed E-state index contributed by atoms with van der Waals surface area (Å²) in [6.07, 6.45) is 4.14. The van der Waals surface area contributed by atoms with E-state index in [2.05, 4.69) is 17.9 Å². The number of likely N-dealkylation sites (tertiary alicyclic amines) is 1. The first-order valence-electron chi connectivity index (χ1n) is 5.84. The van der Waals surface area contributed by atoms with Gasteiger partial charge >= 0.3 is 0 Å². The molecule has 0 amide bonds. The van der Waals surface area contributed by atoms with E-state index in [1.54, 1.807) is 6.26 Å². The fourth-order valence-corrected chi connectivity index (χ4v) is 2.58. The minimum atomic E-state index is 0.407. The molecule has 3 heteroatoms. The van der Waals surface area contributed by atoms with Crippen LogP contribution < -0.4 is 5.73 Å². The van der Waals surface area contributed by atoms with Crippen molar-refractivity contribution in [1.29, 1.82) is 0 Å². The highest BCUT2D eigenvalue weighted by Gasteiger charge is 2.35. The quantitative estimate of drug-likeness (QED) is 0.823. The van der Waals surface area contributed by atoms with Gasteiger partial charge in [0.05, 0.1) is 12.3 Å². The van der Waals surface area contributed by atoms with Crippen molar-refractivity contribution in [3.8, 4) is 0 Å². The zero-order valence-electron chi connectivity index (χ0n) is 9.36. The van der Waals surface area contributed by atoms with E-state index in [1.807, 2.05) is 6.07 Å². The molecule has 1 aromatic heterocycles. The van der Waals surface area contributed by atoms with Gasteiger partial charge < -0.3 is 10.2 Å². The summed E-state index contributed by atoms with van der Waals surface area (Å²) in [7, 11) is 0. The summed E-state index contributed by atoms with van der Waals surface area (Å²) in [6.45, 7) is 5.27. The Hall–Kier alpha value is -0.800. The van der Waals surface area contributed by atoms with Crippen molar-refractivity contribution in [3.63, 3.8) is 0 Å². The molecule has 84 valence electrons. The van der Waals surface area contributed by atoms with Crippen LogP contribution in [0, 0.1) is 5.92 Å². The van der Waals surface area contributed by atoms with Crippen molar-refractivity contribution in [2.45, 2.75) is 25.8 Å². The minimum Gasteiger partial charge on any atom is -0.468 e. The summed E-state index contributed by atoms with van der Waals surface area (Å²) in [5.74, 6) is 1.64. The van der Waals surface area contributed by atoms with Crippen LogP contribution >= 0.6 is 0 Å². The molecule has 0 spiro atoms. The lowest BCUT2D eigenvalue weighted by atomic mass is 9.98. The number of furan rings is 1. The van der Waals surface area contributed by atoms with Gasteiger partial charge in [-0.25, -0.2) is 0 Å². The van der Waals surface area contributed by atoms with Gasteiger partial charge in [0.25, 0.3) is 0 Å². The first-order valence-corrected chi connectivity index (χ1v) is 5.84. The molecule has 1 fully saturated rings.